The van der Waals surface area contributed by atoms with Gasteiger partial charge in [0.2, 0.25) is 5.91 Å². The van der Waals surface area contributed by atoms with Gasteiger partial charge in [-0.05, 0) is 73.6 Å². The minimum atomic E-state index is -0.0846. The van der Waals surface area contributed by atoms with Gasteiger partial charge in [-0.1, -0.05) is 18.9 Å². The minimum absolute atomic E-state index is 0.0281. The van der Waals surface area contributed by atoms with Crippen LogP contribution >= 0.6 is 12.2 Å². The summed E-state index contributed by atoms with van der Waals surface area (Å²) in [7, 11) is 0. The van der Waals surface area contributed by atoms with Crippen molar-refractivity contribution < 1.29 is 4.79 Å². The maximum Gasteiger partial charge on any atom is 0.221 e. The Morgan fingerprint density at radius 2 is 1.88 bits per heavy atom. The molecule has 1 saturated carbocycles. The monoisotopic (exact) mass is 445 g/mol. The molecule has 0 spiro atoms. The maximum absolute atomic E-state index is 11.4. The summed E-state index contributed by atoms with van der Waals surface area (Å²) >= 11 is 5.84. The zero-order valence-corrected chi connectivity index (χ0v) is 18.9. The molecule has 32 heavy (non-hydrogen) atoms. The Hall–Kier alpha value is -3.19. The van der Waals surface area contributed by atoms with Gasteiger partial charge in [0.25, 0.3) is 0 Å². The van der Waals surface area contributed by atoms with E-state index in [1.165, 1.54) is 38.3 Å². The van der Waals surface area contributed by atoms with Gasteiger partial charge in [0.05, 0.1) is 11.7 Å². The van der Waals surface area contributed by atoms with E-state index in [1.54, 1.807) is 0 Å². The van der Waals surface area contributed by atoms with Gasteiger partial charge in [-0.3, -0.25) is 9.78 Å². The molecule has 0 bridgehead atoms. The first-order valence-corrected chi connectivity index (χ1v) is 11.6. The van der Waals surface area contributed by atoms with Gasteiger partial charge in [0.15, 0.2) is 5.11 Å². The van der Waals surface area contributed by atoms with Crippen molar-refractivity contribution in [1.29, 1.82) is 0 Å². The van der Waals surface area contributed by atoms with E-state index < -0.39 is 0 Å². The van der Waals surface area contributed by atoms with E-state index in [0.717, 1.165) is 17.1 Å². The predicted octanol–water partition coefficient (Wildman–Crippen LogP) is 5.13. The number of carbonyl (C=O) groups excluding carboxylic acids is 1. The van der Waals surface area contributed by atoms with Crippen molar-refractivity contribution >= 4 is 34.6 Å². The third-order valence-electron chi connectivity index (χ3n) is 6.40. The topological polar surface area (TPSA) is 62.2 Å². The van der Waals surface area contributed by atoms with Crippen LogP contribution in [0.4, 0.5) is 11.4 Å². The van der Waals surface area contributed by atoms with E-state index in [0.29, 0.717) is 11.2 Å². The Labute approximate surface area is 193 Å². The number of aromatic nitrogens is 2. The molecule has 2 N–H and O–H groups in total. The molecule has 1 aromatic carbocycles. The first kappa shape index (κ1) is 20.7. The number of rotatable bonds is 5. The molecule has 5 rings (SSSR count). The molecule has 1 aliphatic carbocycles. The van der Waals surface area contributed by atoms with Gasteiger partial charge < -0.3 is 20.1 Å². The molecule has 2 aromatic heterocycles. The molecular weight excluding hydrogens is 418 g/mol. The maximum atomic E-state index is 11.4. The largest absolute Gasteiger partial charge is 0.351 e. The Morgan fingerprint density at radius 3 is 2.56 bits per heavy atom. The van der Waals surface area contributed by atoms with Gasteiger partial charge in [0, 0.05) is 42.4 Å². The Morgan fingerprint density at radius 1 is 1.09 bits per heavy atom. The second-order valence-electron chi connectivity index (χ2n) is 8.50. The van der Waals surface area contributed by atoms with Crippen LogP contribution in [0.5, 0.6) is 0 Å². The van der Waals surface area contributed by atoms with Crippen LogP contribution in [0, 0.1) is 0 Å². The van der Waals surface area contributed by atoms with Crippen LogP contribution in [0.25, 0.3) is 0 Å². The third kappa shape index (κ3) is 3.88. The highest BCUT2D eigenvalue weighted by atomic mass is 32.1. The van der Waals surface area contributed by atoms with E-state index >= 15 is 0 Å². The lowest BCUT2D eigenvalue weighted by molar-refractivity contribution is -0.114. The number of carbonyl (C=O) groups is 1. The van der Waals surface area contributed by atoms with Crippen molar-refractivity contribution in [3.05, 3.63) is 78.4 Å². The molecule has 1 amide bonds. The number of anilines is 2. The van der Waals surface area contributed by atoms with Crippen molar-refractivity contribution in [3.8, 4) is 0 Å². The molecule has 0 unspecified atom stereocenters. The minimum Gasteiger partial charge on any atom is -0.351 e. The fourth-order valence-corrected chi connectivity index (χ4v) is 5.36. The molecule has 3 heterocycles. The standard InChI is InChI=1S/C25H27N5OS/c1-17(31)27-18-11-13-20(14-12-18)30-24(22-10-6-16-29(22)19-7-2-3-8-19)23(28-25(30)32)21-9-4-5-15-26-21/h4-6,9-16,19,23-24H,2-3,7-8H2,1H3,(H,27,31)(H,28,32)/t23-,24-/m0/s1. The van der Waals surface area contributed by atoms with Gasteiger partial charge in [-0.25, -0.2) is 0 Å². The predicted molar refractivity (Wildman–Crippen MR) is 131 cm³/mol. The molecule has 7 heteroatoms. The summed E-state index contributed by atoms with van der Waals surface area (Å²) in [6.07, 6.45) is 9.03. The number of nitrogens with zero attached hydrogens (tertiary/aromatic N) is 3. The van der Waals surface area contributed by atoms with E-state index in [9.17, 15) is 4.79 Å². The average Bonchev–Trinajstić information content (AvgIpc) is 3.54. The first-order valence-electron chi connectivity index (χ1n) is 11.2. The molecular formula is C25H27N5OS. The van der Waals surface area contributed by atoms with Crippen molar-refractivity contribution in [2.45, 2.75) is 50.7 Å². The average molecular weight is 446 g/mol. The van der Waals surface area contributed by atoms with E-state index in [2.05, 4.69) is 49.5 Å². The van der Waals surface area contributed by atoms with E-state index in [1.807, 2.05) is 42.6 Å². The van der Waals surface area contributed by atoms with Crippen molar-refractivity contribution in [2.75, 3.05) is 10.2 Å². The molecule has 3 aromatic rings. The zero-order chi connectivity index (χ0) is 22.1. The molecule has 2 aliphatic rings. The number of hydrogen-bond acceptors (Lipinski definition) is 3. The highest BCUT2D eigenvalue weighted by Gasteiger charge is 2.42. The summed E-state index contributed by atoms with van der Waals surface area (Å²) in [5, 5.41) is 7.04. The fraction of sp³-hybridized carbons (Fsp3) is 0.320. The number of thiocarbonyl (C=S) groups is 1. The Kier molecular flexibility index (Phi) is 5.66. The van der Waals surface area contributed by atoms with Gasteiger partial charge >= 0.3 is 0 Å². The van der Waals surface area contributed by atoms with Crippen molar-refractivity contribution in [1.82, 2.24) is 14.9 Å². The quantitative estimate of drug-likeness (QED) is 0.533. The van der Waals surface area contributed by atoms with Crippen LogP contribution in [-0.2, 0) is 4.79 Å². The van der Waals surface area contributed by atoms with Gasteiger partial charge in [-0.15, -0.1) is 0 Å². The molecule has 0 radical (unpaired) electrons. The third-order valence-corrected chi connectivity index (χ3v) is 6.71. The summed E-state index contributed by atoms with van der Waals surface area (Å²) < 4.78 is 2.45. The number of benzene rings is 1. The number of pyridine rings is 1. The van der Waals surface area contributed by atoms with Crippen molar-refractivity contribution in [3.63, 3.8) is 0 Å². The second-order valence-corrected chi connectivity index (χ2v) is 8.89. The molecule has 164 valence electrons. The Bertz CT molecular complexity index is 1100. The van der Waals surface area contributed by atoms with Crippen molar-refractivity contribution in [2.24, 2.45) is 0 Å². The van der Waals surface area contributed by atoms with Crippen LogP contribution in [0.15, 0.2) is 67.0 Å². The summed E-state index contributed by atoms with van der Waals surface area (Å²) in [6.45, 7) is 1.51. The SMILES string of the molecule is CC(=O)Nc1ccc(N2C(=S)N[C@@H](c3ccccn3)[C@@H]2c2cccn2C2CCCC2)cc1. The number of amides is 1. The molecule has 1 aliphatic heterocycles. The second kappa shape index (κ2) is 8.74. The molecule has 2 atom stereocenters. The van der Waals surface area contributed by atoms with Crippen LogP contribution in [-0.4, -0.2) is 20.6 Å². The lowest BCUT2D eigenvalue weighted by Crippen LogP contribution is -2.30. The molecule has 1 saturated heterocycles. The van der Waals surface area contributed by atoms with Crippen LogP contribution in [0.2, 0.25) is 0 Å². The molecule has 6 nitrogen and oxygen atoms in total. The lowest BCUT2D eigenvalue weighted by Gasteiger charge is -2.30. The normalized spacial score (nSPS) is 21.0. The summed E-state index contributed by atoms with van der Waals surface area (Å²) in [5.74, 6) is -0.0846. The fourth-order valence-electron chi connectivity index (χ4n) is 5.01. The van der Waals surface area contributed by atoms with E-state index in [4.69, 9.17) is 12.2 Å². The van der Waals surface area contributed by atoms with E-state index in [-0.39, 0.29) is 18.0 Å². The van der Waals surface area contributed by atoms with Crippen LogP contribution in [0.3, 0.4) is 0 Å². The van der Waals surface area contributed by atoms with Crippen LogP contribution in [0.1, 0.15) is 62.1 Å². The van der Waals surface area contributed by atoms with Gasteiger partial charge in [-0.2, -0.15) is 0 Å². The molecule has 2 fully saturated rings. The highest BCUT2D eigenvalue weighted by Crippen LogP contribution is 2.43. The van der Waals surface area contributed by atoms with Gasteiger partial charge in [0.1, 0.15) is 6.04 Å². The summed E-state index contributed by atoms with van der Waals surface area (Å²) in [5.41, 5.74) is 3.97. The Balaban J connectivity index is 1.57. The number of hydrogen-bond donors (Lipinski definition) is 2. The highest BCUT2D eigenvalue weighted by molar-refractivity contribution is 7.80. The summed E-state index contributed by atoms with van der Waals surface area (Å²) in [6, 6.07) is 18.7. The van der Waals surface area contributed by atoms with Crippen LogP contribution < -0.4 is 15.5 Å². The summed E-state index contributed by atoms with van der Waals surface area (Å²) in [4.78, 5) is 18.3. The zero-order valence-electron chi connectivity index (χ0n) is 18.1. The number of nitrogens with one attached hydrogen (secondary N) is 2. The smallest absolute Gasteiger partial charge is 0.221 e. The lowest BCUT2D eigenvalue weighted by atomic mass is 10.00. The first-order chi connectivity index (χ1) is 15.6.